The summed E-state index contributed by atoms with van der Waals surface area (Å²) >= 11 is 0.935. The monoisotopic (exact) mass is 1920 g/mol. The quantitative estimate of drug-likeness (QED) is 0.0109. The third-order valence-electron chi connectivity index (χ3n) is 24.7. The van der Waals surface area contributed by atoms with Crippen LogP contribution in [0.15, 0.2) is 97.7 Å². The lowest BCUT2D eigenvalue weighted by Crippen LogP contribution is -2.67. The van der Waals surface area contributed by atoms with Gasteiger partial charge in [-0.3, -0.25) is 92.2 Å². The number of carbonyl (C=O) groups is 17. The molecule has 0 saturated carbocycles. The van der Waals surface area contributed by atoms with Crippen molar-refractivity contribution >= 4 is 140 Å². The second-order valence-electron chi connectivity index (χ2n) is 35.4. The molecule has 2 unspecified atom stereocenters. The van der Waals surface area contributed by atoms with Crippen molar-refractivity contribution in [2.24, 2.45) is 23.1 Å². The van der Waals surface area contributed by atoms with E-state index >= 15 is 33.6 Å². The Labute approximate surface area is 796 Å². The summed E-state index contributed by atoms with van der Waals surface area (Å²) < 4.78 is 0. The lowest BCUT2D eigenvalue weighted by Gasteiger charge is -2.39. The summed E-state index contributed by atoms with van der Waals surface area (Å²) in [6.45, 7) is 5.93. The standard InChI is InChI=1S/C92H130N24O20S/c1-9-11-24-72-84(130)105-63(23-17-32-98-91(95)96)80(126)104-64(79(125)101-45-76(94)122)31-34-137-48-77(123)103-68(36-53-27-29-57(119)30-28-53)86(132)112(6)52(5)78(124)107-70(40-75(93)121)88(134)115-33-18-26-73(115)85(131)106-65(39-56-44-97-50-102-56)81(127)108-67(35-51(3)4)89(135)116-46-58(120)41-92(116,49-118)111-66(37-54-42-99-61-21-15-13-19-59(54)61)82(128)110-71(47-117)83(129)109-69(38-55-43-100-62-22-16-14-20-60(55)62)87(133)114(8)74(25-12-10-2)90(136)113(72)7/h13-16,19-22,27-30,42-44,49-52,58,63-74,99-100,111,117,119-120H,9-12,17-18,23-26,31-41,45-48H2,1-8H3,(H2,93,121)(H2,94,122)(H,97,102)(H,101,125)(H,103,123)(H,104,126)(H,105,130)(H,106,131)(H,107,124)(H,108,127)(H,109,129)(H,110,128)(H4,95,96,98)/t52-,58+,63-,64?,65-,66-,67-,68-,69-,70-,71-,72-,73-,74-,92?/m0/s1. The van der Waals surface area contributed by atoms with Crippen molar-refractivity contribution in [3.8, 4) is 5.75 Å². The molecule has 0 radical (unpaired) electrons. The predicted molar refractivity (Wildman–Crippen MR) is 504 cm³/mol. The Kier molecular flexibility index (Phi) is 39.8. The van der Waals surface area contributed by atoms with Gasteiger partial charge in [-0.15, -0.1) is 0 Å². The Morgan fingerprint density at radius 3 is 1.77 bits per heavy atom. The number of aromatic hydroxyl groups is 1. The SMILES string of the molecule is CCCC[C@H]1C(=O)N(C)[C@@H](CCCC)C(=O)N[C@@H](CCCNC(=N)N)C(=O)NC(C(=O)NCC(N)=O)CCSCC(=O)N[C@@H](Cc2ccc(O)cc2)C(=O)N(C)[C@@H](C)C(=O)N[C@@H](CC(N)=O)C(=O)N2CCC[C@H]2C(=O)N[C@@H](Cc2cnc[nH]2)C(=O)N[C@@H](CC(C)C)C(=O)N2C[C@H](O)CC2(C=O)N[C@@H](Cc2c[nH]c3ccccc23)C(=O)N[C@@H](CO)C(=O)N[C@@H](Cc2c[nH]c3ccccc23)C(=O)N1C. The van der Waals surface area contributed by atoms with E-state index in [4.69, 9.17) is 22.6 Å². The van der Waals surface area contributed by atoms with E-state index in [0.717, 1.165) is 36.3 Å². The van der Waals surface area contributed by atoms with Gasteiger partial charge in [-0.1, -0.05) is 102 Å². The van der Waals surface area contributed by atoms with Gasteiger partial charge in [0.15, 0.2) is 17.9 Å². The second kappa shape index (κ2) is 50.9. The van der Waals surface area contributed by atoms with Gasteiger partial charge in [0.05, 0.1) is 43.8 Å². The Morgan fingerprint density at radius 1 is 0.599 bits per heavy atom. The van der Waals surface area contributed by atoms with Crippen molar-refractivity contribution < 1.29 is 96.8 Å². The minimum atomic E-state index is -2.32. The molecule has 6 heterocycles. The van der Waals surface area contributed by atoms with Crippen molar-refractivity contribution in [1.29, 1.82) is 5.41 Å². The fraction of sp³-hybridized carbons (Fsp3) is 0.533. The highest BCUT2D eigenvalue weighted by Crippen LogP contribution is 2.32. The smallest absolute Gasteiger partial charge is 0.247 e. The van der Waals surface area contributed by atoms with Gasteiger partial charge in [-0.05, 0) is 117 Å². The predicted octanol–water partition coefficient (Wildman–Crippen LogP) is -2.54. The Balaban J connectivity index is 1.11. The number of unbranched alkanes of at least 4 members (excludes halogenated alkanes) is 2. The first-order chi connectivity index (χ1) is 65.3. The van der Waals surface area contributed by atoms with Crippen LogP contribution in [0.2, 0.25) is 0 Å². The number of phenolic OH excluding ortho intramolecular Hbond substituents is 1. The summed E-state index contributed by atoms with van der Waals surface area (Å²) in [5.41, 5.74) is 17.4. The molecular weight excluding hydrogens is 1790 g/mol. The van der Waals surface area contributed by atoms with Gasteiger partial charge in [-0.25, -0.2) is 4.98 Å². The zero-order chi connectivity index (χ0) is 100. The third-order valence-corrected chi connectivity index (χ3v) is 25.7. The van der Waals surface area contributed by atoms with E-state index in [0.29, 0.717) is 76.2 Å². The number of nitrogens with one attached hydrogen (secondary N) is 15. The molecule has 16 amide bonds. The maximum atomic E-state index is 15.8. The molecule has 0 spiro atoms. The molecule has 744 valence electrons. The van der Waals surface area contributed by atoms with E-state index in [1.54, 1.807) is 74.8 Å². The first-order valence-electron chi connectivity index (χ1n) is 46.0. The van der Waals surface area contributed by atoms with Crippen LogP contribution in [0.3, 0.4) is 0 Å². The number of guanidine groups is 1. The molecule has 0 bridgehead atoms. The number of para-hydroxylation sites is 2. The Morgan fingerprint density at radius 2 is 1.17 bits per heavy atom. The molecular formula is C92H130N24O20S. The van der Waals surface area contributed by atoms with E-state index in [1.165, 1.54) is 64.9 Å². The van der Waals surface area contributed by atoms with E-state index in [-0.39, 0.29) is 102 Å². The third kappa shape index (κ3) is 29.5. The van der Waals surface area contributed by atoms with Crippen LogP contribution in [0.5, 0.6) is 5.75 Å². The topological polar surface area (TPSA) is 662 Å². The molecule has 0 aliphatic carbocycles. The number of fused-ring (bicyclic) bond motifs is 4. The molecule has 24 N–H and O–H groups in total. The number of carbonyl (C=O) groups excluding carboxylic acids is 17. The summed E-state index contributed by atoms with van der Waals surface area (Å²) in [6.07, 6.45) is 3.40. The van der Waals surface area contributed by atoms with Crippen LogP contribution in [0, 0.1) is 11.3 Å². The highest BCUT2D eigenvalue weighted by molar-refractivity contribution is 7.99. The second-order valence-corrected chi connectivity index (χ2v) is 36.5. The number of aliphatic hydroxyl groups is 2. The van der Waals surface area contributed by atoms with Gasteiger partial charge < -0.3 is 125 Å². The maximum Gasteiger partial charge on any atom is 0.247 e. The minimum Gasteiger partial charge on any atom is -0.508 e. The number of hydrogen-bond donors (Lipinski definition) is 21. The number of rotatable bonds is 27. The normalized spacial score (nSPS) is 25.1. The van der Waals surface area contributed by atoms with Crippen LogP contribution in [-0.2, 0) is 107 Å². The van der Waals surface area contributed by atoms with Crippen LogP contribution < -0.4 is 75.7 Å². The number of hydrogen-bond acceptors (Lipinski definition) is 24. The van der Waals surface area contributed by atoms with Crippen LogP contribution >= 0.6 is 11.8 Å². The number of amides is 16. The highest BCUT2D eigenvalue weighted by atomic mass is 32.2. The summed E-state index contributed by atoms with van der Waals surface area (Å²) in [5.74, 6) is -16.5. The number of aromatic amines is 3. The van der Waals surface area contributed by atoms with Crippen molar-refractivity contribution in [3.05, 3.63) is 120 Å². The lowest BCUT2D eigenvalue weighted by atomic mass is 9.98. The number of aliphatic hydroxyl groups excluding tert-OH is 2. The highest BCUT2D eigenvalue weighted by Gasteiger charge is 2.53. The zero-order valence-electron chi connectivity index (χ0n) is 78.3. The minimum absolute atomic E-state index is 0.00254. The molecule has 9 rings (SSSR count). The number of likely N-dealkylation sites (N-methyl/N-ethyl adjacent to an activating group) is 3. The number of aldehydes is 1. The summed E-state index contributed by atoms with van der Waals surface area (Å²) in [7, 11) is 3.93. The molecule has 3 saturated heterocycles. The van der Waals surface area contributed by atoms with Crippen molar-refractivity contribution in [2.45, 2.75) is 241 Å². The fourth-order valence-electron chi connectivity index (χ4n) is 17.2. The Hall–Kier alpha value is -13.6. The fourth-order valence-corrected chi connectivity index (χ4v) is 18.0. The van der Waals surface area contributed by atoms with Gasteiger partial charge >= 0.3 is 0 Å². The molecule has 137 heavy (non-hydrogen) atoms. The molecule has 3 aliphatic heterocycles. The number of thioether (sulfide) groups is 1. The zero-order valence-corrected chi connectivity index (χ0v) is 79.1. The number of nitrogens with zero attached hydrogens (tertiary/aromatic N) is 6. The number of benzene rings is 3. The van der Waals surface area contributed by atoms with Crippen LogP contribution in [0.25, 0.3) is 21.8 Å². The average molecular weight is 1920 g/mol. The molecule has 3 fully saturated rings. The average Bonchev–Trinajstić information content (AvgIpc) is 1.63. The van der Waals surface area contributed by atoms with E-state index in [1.807, 2.05) is 13.8 Å². The van der Waals surface area contributed by atoms with Crippen molar-refractivity contribution in [2.75, 3.05) is 65.4 Å². The molecule has 3 aliphatic rings. The largest absolute Gasteiger partial charge is 0.508 e. The first kappa shape index (κ1) is 107. The van der Waals surface area contributed by atoms with Gasteiger partial charge in [0, 0.05) is 113 Å². The Bertz CT molecular complexity index is 5270. The van der Waals surface area contributed by atoms with Crippen molar-refractivity contribution in [1.82, 2.24) is 103 Å². The summed E-state index contributed by atoms with van der Waals surface area (Å²) in [4.78, 5) is 269. The summed E-state index contributed by atoms with van der Waals surface area (Å²) in [5, 5.41) is 72.0. The molecule has 3 aromatic heterocycles. The molecule has 6 aromatic rings. The number of nitrogens with two attached hydrogens (primary N) is 3. The molecule has 44 nitrogen and oxygen atoms in total. The number of imidazole rings is 1. The van der Waals surface area contributed by atoms with Gasteiger partial charge in [0.1, 0.15) is 78.3 Å². The van der Waals surface area contributed by atoms with Gasteiger partial charge in [0.25, 0.3) is 0 Å². The number of aromatic nitrogens is 4. The van der Waals surface area contributed by atoms with Crippen LogP contribution in [-0.4, -0.2) is 322 Å². The molecule has 45 heteroatoms. The molecule has 3 aromatic carbocycles. The number of primary amides is 2. The van der Waals surface area contributed by atoms with Crippen LogP contribution in [0.4, 0.5) is 0 Å². The van der Waals surface area contributed by atoms with E-state index < -0.39 is 235 Å². The first-order valence-corrected chi connectivity index (χ1v) is 47.2. The van der Waals surface area contributed by atoms with Crippen molar-refractivity contribution in [3.63, 3.8) is 0 Å². The van der Waals surface area contributed by atoms with E-state index in [9.17, 15) is 63.3 Å². The van der Waals surface area contributed by atoms with E-state index in [2.05, 4.69) is 78.4 Å². The lowest BCUT2D eigenvalue weighted by molar-refractivity contribution is -0.149. The van der Waals surface area contributed by atoms with Crippen LogP contribution in [0.1, 0.15) is 147 Å². The van der Waals surface area contributed by atoms with Gasteiger partial charge in [0.2, 0.25) is 94.5 Å². The summed E-state index contributed by atoms with van der Waals surface area (Å²) in [6, 6.07) is -0.611. The number of phenols is 1. The van der Waals surface area contributed by atoms with Gasteiger partial charge in [-0.2, -0.15) is 11.8 Å². The molecule has 15 atom stereocenters. The maximum absolute atomic E-state index is 15.8. The number of H-pyrrole nitrogens is 3.